The average Bonchev–Trinajstić information content (AvgIpc) is 2.97. The van der Waals surface area contributed by atoms with E-state index < -0.39 is 12.2 Å². The molecule has 0 aromatic heterocycles. The predicted molar refractivity (Wildman–Crippen MR) is 155 cm³/mol. The summed E-state index contributed by atoms with van der Waals surface area (Å²) in [5.41, 5.74) is 4.39. The van der Waals surface area contributed by atoms with Crippen LogP contribution in [0, 0.1) is 0 Å². The molecule has 0 saturated carbocycles. The largest absolute Gasteiger partial charge is 0.481 e. The Hall–Kier alpha value is -4.58. The van der Waals surface area contributed by atoms with E-state index in [1.165, 1.54) is 0 Å². The van der Waals surface area contributed by atoms with Gasteiger partial charge in [0.05, 0.1) is 0 Å². The molecular formula is C33H34N2O4. The van der Waals surface area contributed by atoms with Gasteiger partial charge in [-0.15, -0.1) is 0 Å². The van der Waals surface area contributed by atoms with Crippen molar-refractivity contribution in [3.63, 3.8) is 0 Å². The molecule has 0 radical (unpaired) electrons. The summed E-state index contributed by atoms with van der Waals surface area (Å²) >= 11 is 0. The molecule has 4 aromatic rings. The van der Waals surface area contributed by atoms with Crippen molar-refractivity contribution >= 4 is 11.8 Å². The lowest BCUT2D eigenvalue weighted by molar-refractivity contribution is -0.129. The highest BCUT2D eigenvalue weighted by Gasteiger charge is 2.19. The topological polar surface area (TPSA) is 76.7 Å². The predicted octanol–water partition coefficient (Wildman–Crippen LogP) is 5.88. The molecular weight excluding hydrogens is 488 g/mol. The maximum Gasteiger partial charge on any atom is 0.261 e. The van der Waals surface area contributed by atoms with Gasteiger partial charge in [0, 0.05) is 12.6 Å². The number of hydrogen-bond donors (Lipinski definition) is 2. The molecule has 0 heterocycles. The van der Waals surface area contributed by atoms with Crippen LogP contribution in [0.3, 0.4) is 0 Å². The number of nitrogens with one attached hydrogen (secondary N) is 2. The molecule has 39 heavy (non-hydrogen) atoms. The van der Waals surface area contributed by atoms with Crippen molar-refractivity contribution in [2.24, 2.45) is 0 Å². The van der Waals surface area contributed by atoms with Crippen molar-refractivity contribution in [1.29, 1.82) is 0 Å². The highest BCUT2D eigenvalue weighted by atomic mass is 16.5. The van der Waals surface area contributed by atoms with Gasteiger partial charge in [0.15, 0.2) is 12.2 Å². The SMILES string of the molecule is C[C@H](Oc1ccc(-c2ccccc2)cc1)C(=O)NC[C@H](C)NC(=O)[C@@H](C)Oc1ccc(-c2ccccc2)cc1. The summed E-state index contributed by atoms with van der Waals surface area (Å²) in [6, 6.07) is 35.1. The van der Waals surface area contributed by atoms with Crippen LogP contribution in [-0.4, -0.2) is 36.6 Å². The summed E-state index contributed by atoms with van der Waals surface area (Å²) in [6.07, 6.45) is -1.37. The third kappa shape index (κ3) is 7.95. The zero-order chi connectivity index (χ0) is 27.6. The average molecular weight is 523 g/mol. The summed E-state index contributed by atoms with van der Waals surface area (Å²) in [5.74, 6) is 0.709. The van der Waals surface area contributed by atoms with Crippen LogP contribution in [0.25, 0.3) is 22.3 Å². The molecule has 3 atom stereocenters. The first-order valence-corrected chi connectivity index (χ1v) is 13.1. The van der Waals surface area contributed by atoms with Crippen LogP contribution in [-0.2, 0) is 9.59 Å². The lowest BCUT2D eigenvalue weighted by Gasteiger charge is -2.20. The maximum atomic E-state index is 12.6. The minimum absolute atomic E-state index is 0.258. The molecule has 4 rings (SSSR count). The Morgan fingerprint density at radius 2 is 0.949 bits per heavy atom. The molecule has 0 fully saturated rings. The first kappa shape index (κ1) is 27.5. The fourth-order valence-electron chi connectivity index (χ4n) is 4.04. The van der Waals surface area contributed by atoms with Crippen molar-refractivity contribution in [3.05, 3.63) is 109 Å². The molecule has 0 aliphatic heterocycles. The Kier molecular flexibility index (Phi) is 9.35. The Bertz CT molecular complexity index is 1340. The first-order valence-electron chi connectivity index (χ1n) is 13.1. The summed E-state index contributed by atoms with van der Waals surface area (Å²) in [5, 5.41) is 5.72. The van der Waals surface area contributed by atoms with Gasteiger partial charge < -0.3 is 20.1 Å². The molecule has 0 bridgehead atoms. The number of hydrogen-bond acceptors (Lipinski definition) is 4. The highest BCUT2D eigenvalue weighted by Crippen LogP contribution is 2.24. The third-order valence-corrected chi connectivity index (χ3v) is 6.26. The standard InChI is InChI=1S/C33H34N2O4/c1-23(35-33(37)25(3)39-31-20-16-29(17-21-31)27-12-8-5-9-13-27)22-34-32(36)24(2)38-30-18-14-28(15-19-30)26-10-6-4-7-11-26/h4-21,23-25H,22H2,1-3H3,(H,34,36)(H,35,37)/t23-,24-,25+/m0/s1. The van der Waals surface area contributed by atoms with Crippen LogP contribution >= 0.6 is 0 Å². The van der Waals surface area contributed by atoms with E-state index >= 15 is 0 Å². The molecule has 0 spiro atoms. The number of rotatable bonds is 11. The Morgan fingerprint density at radius 1 is 0.564 bits per heavy atom. The zero-order valence-electron chi connectivity index (χ0n) is 22.5. The minimum Gasteiger partial charge on any atom is -0.481 e. The van der Waals surface area contributed by atoms with Gasteiger partial charge in [-0.1, -0.05) is 84.9 Å². The second-order valence-corrected chi connectivity index (χ2v) is 9.46. The van der Waals surface area contributed by atoms with Gasteiger partial charge >= 0.3 is 0 Å². The van der Waals surface area contributed by atoms with Crippen LogP contribution in [0.2, 0.25) is 0 Å². The van der Waals surface area contributed by atoms with Gasteiger partial charge in [0.2, 0.25) is 0 Å². The fourth-order valence-corrected chi connectivity index (χ4v) is 4.04. The van der Waals surface area contributed by atoms with Gasteiger partial charge in [-0.2, -0.15) is 0 Å². The fraction of sp³-hybridized carbons (Fsp3) is 0.212. The number of ether oxygens (including phenoxy) is 2. The summed E-state index contributed by atoms with van der Waals surface area (Å²) < 4.78 is 11.6. The van der Waals surface area contributed by atoms with Crippen LogP contribution < -0.4 is 20.1 Å². The Morgan fingerprint density at radius 3 is 1.38 bits per heavy atom. The molecule has 0 saturated heterocycles. The number of carbonyl (C=O) groups excluding carboxylic acids is 2. The van der Waals surface area contributed by atoms with E-state index in [9.17, 15) is 9.59 Å². The lowest BCUT2D eigenvalue weighted by atomic mass is 10.1. The molecule has 0 unspecified atom stereocenters. The quantitative estimate of drug-likeness (QED) is 0.258. The monoisotopic (exact) mass is 522 g/mol. The number of carbonyl (C=O) groups is 2. The molecule has 2 N–H and O–H groups in total. The number of benzene rings is 4. The lowest BCUT2D eigenvalue weighted by Crippen LogP contribution is -2.48. The van der Waals surface area contributed by atoms with E-state index in [1.807, 2.05) is 116 Å². The van der Waals surface area contributed by atoms with Gasteiger partial charge in [0.1, 0.15) is 11.5 Å². The van der Waals surface area contributed by atoms with Crippen molar-refractivity contribution in [2.45, 2.75) is 39.0 Å². The Labute approximate surface area is 230 Å². The van der Waals surface area contributed by atoms with Crippen LogP contribution in [0.5, 0.6) is 11.5 Å². The van der Waals surface area contributed by atoms with Crippen molar-refractivity contribution in [2.75, 3.05) is 6.54 Å². The van der Waals surface area contributed by atoms with Gasteiger partial charge in [-0.3, -0.25) is 9.59 Å². The van der Waals surface area contributed by atoms with E-state index in [0.29, 0.717) is 11.5 Å². The molecule has 200 valence electrons. The molecule has 6 heteroatoms. The van der Waals surface area contributed by atoms with Crippen molar-refractivity contribution in [3.8, 4) is 33.8 Å². The number of amides is 2. The molecule has 4 aromatic carbocycles. The highest BCUT2D eigenvalue weighted by molar-refractivity contribution is 5.82. The van der Waals surface area contributed by atoms with E-state index in [1.54, 1.807) is 13.8 Å². The van der Waals surface area contributed by atoms with Gasteiger partial charge in [-0.05, 0) is 67.3 Å². The second-order valence-electron chi connectivity index (χ2n) is 9.46. The summed E-state index contributed by atoms with van der Waals surface area (Å²) in [4.78, 5) is 25.2. The maximum absolute atomic E-state index is 12.6. The zero-order valence-corrected chi connectivity index (χ0v) is 22.5. The second kappa shape index (κ2) is 13.3. The van der Waals surface area contributed by atoms with Crippen LogP contribution in [0.1, 0.15) is 20.8 Å². The van der Waals surface area contributed by atoms with E-state index in [0.717, 1.165) is 22.3 Å². The molecule has 0 aliphatic carbocycles. The minimum atomic E-state index is -0.688. The van der Waals surface area contributed by atoms with Crippen molar-refractivity contribution < 1.29 is 19.1 Å². The normalized spacial score (nSPS) is 13.0. The summed E-state index contributed by atoms with van der Waals surface area (Å²) in [6.45, 7) is 5.49. The van der Waals surface area contributed by atoms with Crippen molar-refractivity contribution in [1.82, 2.24) is 10.6 Å². The van der Waals surface area contributed by atoms with E-state index in [-0.39, 0.29) is 24.4 Å². The van der Waals surface area contributed by atoms with Crippen LogP contribution in [0.15, 0.2) is 109 Å². The molecule has 0 aliphatic rings. The molecule has 2 amide bonds. The third-order valence-electron chi connectivity index (χ3n) is 6.26. The van der Waals surface area contributed by atoms with Crippen LogP contribution in [0.4, 0.5) is 0 Å². The molecule has 6 nitrogen and oxygen atoms in total. The van der Waals surface area contributed by atoms with Gasteiger partial charge in [0.25, 0.3) is 11.8 Å². The van der Waals surface area contributed by atoms with E-state index in [2.05, 4.69) is 10.6 Å². The van der Waals surface area contributed by atoms with E-state index in [4.69, 9.17) is 9.47 Å². The smallest absolute Gasteiger partial charge is 0.261 e. The van der Waals surface area contributed by atoms with Gasteiger partial charge in [-0.25, -0.2) is 0 Å². The summed E-state index contributed by atoms with van der Waals surface area (Å²) in [7, 11) is 0. The Balaban J connectivity index is 1.19. The first-order chi connectivity index (χ1) is 18.9.